The van der Waals surface area contributed by atoms with Crippen LogP contribution in [0.4, 0.5) is 0 Å². The van der Waals surface area contributed by atoms with Gasteiger partial charge in [-0.1, -0.05) is 24.6 Å². The lowest BCUT2D eigenvalue weighted by Gasteiger charge is -2.25. The van der Waals surface area contributed by atoms with Crippen LogP contribution in [0.2, 0.25) is 5.02 Å². The number of halogens is 1. The van der Waals surface area contributed by atoms with Gasteiger partial charge in [0.2, 0.25) is 0 Å². The van der Waals surface area contributed by atoms with E-state index in [1.54, 1.807) is 0 Å². The van der Waals surface area contributed by atoms with Crippen LogP contribution in [0.3, 0.4) is 0 Å². The minimum absolute atomic E-state index is 0.474. The second-order valence-corrected chi connectivity index (χ2v) is 4.08. The number of rotatable bonds is 0. The van der Waals surface area contributed by atoms with E-state index in [9.17, 15) is 0 Å². The Labute approximate surface area is 83.7 Å². The Kier molecular flexibility index (Phi) is 2.31. The van der Waals surface area contributed by atoms with E-state index in [-0.39, 0.29) is 0 Å². The van der Waals surface area contributed by atoms with Crippen LogP contribution in [0.5, 0.6) is 0 Å². The second-order valence-electron chi connectivity index (χ2n) is 3.67. The molecule has 1 aliphatic heterocycles. The van der Waals surface area contributed by atoms with E-state index in [2.05, 4.69) is 19.9 Å². The van der Waals surface area contributed by atoms with Crippen LogP contribution in [-0.4, -0.2) is 6.61 Å². The SMILES string of the molecule is Cc1ccc(Cl)c2c1C(C)COC2. The van der Waals surface area contributed by atoms with Gasteiger partial charge in [-0.05, 0) is 24.1 Å². The van der Waals surface area contributed by atoms with Crippen molar-refractivity contribution in [3.63, 3.8) is 0 Å². The molecule has 1 nitrogen and oxygen atoms in total. The van der Waals surface area contributed by atoms with Crippen molar-refractivity contribution in [2.75, 3.05) is 6.61 Å². The molecule has 13 heavy (non-hydrogen) atoms. The molecule has 2 rings (SSSR count). The topological polar surface area (TPSA) is 9.23 Å². The number of hydrogen-bond acceptors (Lipinski definition) is 1. The van der Waals surface area contributed by atoms with Crippen LogP contribution in [0.15, 0.2) is 12.1 Å². The molecule has 1 atom stereocenters. The van der Waals surface area contributed by atoms with Gasteiger partial charge >= 0.3 is 0 Å². The molecule has 0 saturated heterocycles. The highest BCUT2D eigenvalue weighted by Crippen LogP contribution is 2.33. The van der Waals surface area contributed by atoms with Gasteiger partial charge in [0.1, 0.15) is 0 Å². The molecule has 0 radical (unpaired) electrons. The van der Waals surface area contributed by atoms with Crippen LogP contribution in [0.25, 0.3) is 0 Å². The Bertz CT molecular complexity index is 333. The van der Waals surface area contributed by atoms with E-state index >= 15 is 0 Å². The zero-order chi connectivity index (χ0) is 9.42. The number of fused-ring (bicyclic) bond motifs is 1. The van der Waals surface area contributed by atoms with Gasteiger partial charge in [-0.2, -0.15) is 0 Å². The molecule has 0 amide bonds. The van der Waals surface area contributed by atoms with Gasteiger partial charge in [0.15, 0.2) is 0 Å². The van der Waals surface area contributed by atoms with Crippen LogP contribution < -0.4 is 0 Å². The van der Waals surface area contributed by atoms with Gasteiger partial charge in [-0.25, -0.2) is 0 Å². The number of hydrogen-bond donors (Lipinski definition) is 0. The van der Waals surface area contributed by atoms with Crippen molar-refractivity contribution in [1.29, 1.82) is 0 Å². The van der Waals surface area contributed by atoms with Crippen LogP contribution in [0, 0.1) is 6.92 Å². The highest BCUT2D eigenvalue weighted by Gasteiger charge is 2.20. The van der Waals surface area contributed by atoms with Gasteiger partial charge < -0.3 is 4.74 Å². The smallest absolute Gasteiger partial charge is 0.0734 e. The largest absolute Gasteiger partial charge is 0.376 e. The summed E-state index contributed by atoms with van der Waals surface area (Å²) in [4.78, 5) is 0. The molecule has 2 heteroatoms. The fourth-order valence-corrected chi connectivity index (χ4v) is 2.23. The Morgan fingerprint density at radius 1 is 1.46 bits per heavy atom. The van der Waals surface area contributed by atoms with Crippen LogP contribution in [0.1, 0.15) is 29.5 Å². The van der Waals surface area contributed by atoms with Crippen molar-refractivity contribution in [3.05, 3.63) is 33.8 Å². The Hall–Kier alpha value is -0.530. The van der Waals surface area contributed by atoms with E-state index in [1.165, 1.54) is 16.7 Å². The van der Waals surface area contributed by atoms with Gasteiger partial charge in [0.25, 0.3) is 0 Å². The Balaban J connectivity index is 2.60. The highest BCUT2D eigenvalue weighted by molar-refractivity contribution is 6.31. The van der Waals surface area contributed by atoms with Gasteiger partial charge in [-0.3, -0.25) is 0 Å². The molecular weight excluding hydrogens is 184 g/mol. The standard InChI is InChI=1S/C11H13ClO/c1-7-3-4-10(12)9-6-13-5-8(2)11(7)9/h3-4,8H,5-6H2,1-2H3. The first-order valence-corrected chi connectivity index (χ1v) is 4.93. The molecule has 0 saturated carbocycles. The van der Waals surface area contributed by atoms with E-state index < -0.39 is 0 Å². The molecule has 0 bridgehead atoms. The molecule has 0 fully saturated rings. The summed E-state index contributed by atoms with van der Waals surface area (Å²) >= 11 is 6.10. The average Bonchev–Trinajstić information content (AvgIpc) is 2.12. The first kappa shape index (κ1) is 9.04. The van der Waals surface area contributed by atoms with Gasteiger partial charge in [-0.15, -0.1) is 0 Å². The van der Waals surface area contributed by atoms with E-state index in [1.807, 2.05) is 6.07 Å². The predicted molar refractivity (Wildman–Crippen MR) is 54.3 cm³/mol. The molecule has 0 aromatic heterocycles. The van der Waals surface area contributed by atoms with Gasteiger partial charge in [0, 0.05) is 16.5 Å². The molecule has 1 aliphatic rings. The zero-order valence-corrected chi connectivity index (χ0v) is 8.69. The molecule has 0 aliphatic carbocycles. The van der Waals surface area contributed by atoms with Crippen molar-refractivity contribution < 1.29 is 4.74 Å². The molecule has 0 N–H and O–H groups in total. The molecular formula is C11H13ClO. The average molecular weight is 197 g/mol. The maximum atomic E-state index is 6.10. The van der Waals surface area contributed by atoms with Crippen molar-refractivity contribution >= 4 is 11.6 Å². The summed E-state index contributed by atoms with van der Waals surface area (Å²) in [7, 11) is 0. The maximum absolute atomic E-state index is 6.10. The molecule has 1 unspecified atom stereocenters. The lowest BCUT2D eigenvalue weighted by molar-refractivity contribution is 0.0949. The van der Waals surface area contributed by atoms with Crippen LogP contribution >= 0.6 is 11.6 Å². The first-order valence-electron chi connectivity index (χ1n) is 4.55. The Morgan fingerprint density at radius 2 is 2.23 bits per heavy atom. The van der Waals surface area contributed by atoms with Crippen molar-refractivity contribution in [3.8, 4) is 0 Å². The monoisotopic (exact) mass is 196 g/mol. The summed E-state index contributed by atoms with van der Waals surface area (Å²) in [5, 5.41) is 0.840. The third-order valence-corrected chi connectivity index (χ3v) is 2.98. The fourth-order valence-electron chi connectivity index (χ4n) is 2.01. The normalized spacial score (nSPS) is 21.3. The fraction of sp³-hybridized carbons (Fsp3) is 0.455. The lowest BCUT2D eigenvalue weighted by Crippen LogP contribution is -2.16. The Morgan fingerprint density at radius 3 is 2.92 bits per heavy atom. The number of aryl methyl sites for hydroxylation is 1. The molecule has 0 spiro atoms. The summed E-state index contributed by atoms with van der Waals surface area (Å²) in [6.07, 6.45) is 0. The van der Waals surface area contributed by atoms with Crippen molar-refractivity contribution in [1.82, 2.24) is 0 Å². The summed E-state index contributed by atoms with van der Waals surface area (Å²) in [5.41, 5.74) is 3.90. The molecule has 1 aromatic carbocycles. The van der Waals surface area contributed by atoms with Crippen LogP contribution in [-0.2, 0) is 11.3 Å². The van der Waals surface area contributed by atoms with Crippen molar-refractivity contribution in [2.24, 2.45) is 0 Å². The third kappa shape index (κ3) is 1.47. The first-order chi connectivity index (χ1) is 6.20. The molecule has 70 valence electrons. The minimum Gasteiger partial charge on any atom is -0.376 e. The predicted octanol–water partition coefficient (Wildman–Crippen LogP) is 3.28. The van der Waals surface area contributed by atoms with E-state index in [0.717, 1.165) is 11.6 Å². The van der Waals surface area contributed by atoms with E-state index in [0.29, 0.717) is 12.5 Å². The summed E-state index contributed by atoms with van der Waals surface area (Å²) in [5.74, 6) is 0.474. The number of benzene rings is 1. The highest BCUT2D eigenvalue weighted by atomic mass is 35.5. The summed E-state index contributed by atoms with van der Waals surface area (Å²) < 4.78 is 5.46. The summed E-state index contributed by atoms with van der Waals surface area (Å²) in [6.45, 7) is 5.80. The third-order valence-electron chi connectivity index (χ3n) is 2.62. The van der Waals surface area contributed by atoms with E-state index in [4.69, 9.17) is 16.3 Å². The quantitative estimate of drug-likeness (QED) is 0.619. The summed E-state index contributed by atoms with van der Waals surface area (Å²) in [6, 6.07) is 4.04. The van der Waals surface area contributed by atoms with Gasteiger partial charge in [0.05, 0.1) is 13.2 Å². The molecule has 1 aromatic rings. The minimum atomic E-state index is 0.474. The zero-order valence-electron chi connectivity index (χ0n) is 7.93. The lowest BCUT2D eigenvalue weighted by atomic mass is 9.90. The maximum Gasteiger partial charge on any atom is 0.0734 e. The van der Waals surface area contributed by atoms with Crippen molar-refractivity contribution in [2.45, 2.75) is 26.4 Å². The number of ether oxygens (including phenoxy) is 1. The molecule has 1 heterocycles. The second kappa shape index (κ2) is 3.32.